The van der Waals surface area contributed by atoms with Crippen LogP contribution in [0.25, 0.3) is 0 Å². The predicted molar refractivity (Wildman–Crippen MR) is 120 cm³/mol. The summed E-state index contributed by atoms with van der Waals surface area (Å²) in [7, 11) is 1.66. The first-order chi connectivity index (χ1) is 16.3. The van der Waals surface area contributed by atoms with Crippen molar-refractivity contribution in [3.8, 4) is 6.07 Å². The summed E-state index contributed by atoms with van der Waals surface area (Å²) in [6.45, 7) is 1.93. The van der Waals surface area contributed by atoms with Crippen molar-refractivity contribution in [3.63, 3.8) is 0 Å². The van der Waals surface area contributed by atoms with Crippen molar-refractivity contribution in [2.45, 2.75) is 37.8 Å². The van der Waals surface area contributed by atoms with Crippen LogP contribution in [0.3, 0.4) is 0 Å². The lowest BCUT2D eigenvalue weighted by Gasteiger charge is -2.44. The van der Waals surface area contributed by atoms with Crippen molar-refractivity contribution >= 4 is 17.7 Å². The first-order valence-electron chi connectivity index (χ1n) is 11.5. The van der Waals surface area contributed by atoms with Crippen LogP contribution in [-0.4, -0.2) is 72.1 Å². The third-order valence-electron chi connectivity index (χ3n) is 6.93. The van der Waals surface area contributed by atoms with Gasteiger partial charge in [-0.25, -0.2) is 13.8 Å². The van der Waals surface area contributed by atoms with E-state index in [0.717, 1.165) is 23.4 Å². The number of ether oxygens (including phenoxy) is 1. The standard InChI is InChI=1S/C23H27F2N7O2/c1-3-14-8-27-22(32-9-13(7-26)10-32)30-20(14)29-15-4-5-17-16(6-15)18-19(21(33)31(17)2)34-12-23(24,25)11-28-18/h4-5,8,13,16,18-19,28H,3,6,9-12H2,1-2H3,(H,27,29,30). The minimum absolute atomic E-state index is 0.00362. The van der Waals surface area contributed by atoms with E-state index in [9.17, 15) is 13.6 Å². The SMILES string of the molecule is CCc1cnc(N2CC(C#N)C2)nc1NC1=CC=C2C(C1)C1NCC(F)(F)COC1C(=O)N2C. The number of aryl methyl sites for hydroxylation is 1. The van der Waals surface area contributed by atoms with Crippen LogP contribution < -0.4 is 15.5 Å². The highest BCUT2D eigenvalue weighted by molar-refractivity contribution is 5.85. The molecular formula is C23H27F2N7O2. The van der Waals surface area contributed by atoms with Gasteiger partial charge >= 0.3 is 0 Å². The van der Waals surface area contributed by atoms with E-state index in [2.05, 4.69) is 21.7 Å². The number of hydrogen-bond acceptors (Lipinski definition) is 8. The van der Waals surface area contributed by atoms with Crippen LogP contribution in [0.5, 0.6) is 0 Å². The molecule has 1 aromatic rings. The Balaban J connectivity index is 1.39. The highest BCUT2D eigenvalue weighted by atomic mass is 19.3. The van der Waals surface area contributed by atoms with E-state index in [0.29, 0.717) is 31.3 Å². The number of fused-ring (bicyclic) bond motifs is 3. The summed E-state index contributed by atoms with van der Waals surface area (Å²) in [5.74, 6) is -2.31. The van der Waals surface area contributed by atoms with E-state index < -0.39 is 31.2 Å². The van der Waals surface area contributed by atoms with Crippen molar-refractivity contribution < 1.29 is 18.3 Å². The van der Waals surface area contributed by atoms with Gasteiger partial charge in [-0.1, -0.05) is 6.92 Å². The zero-order valence-electron chi connectivity index (χ0n) is 19.1. The summed E-state index contributed by atoms with van der Waals surface area (Å²) >= 11 is 0. The van der Waals surface area contributed by atoms with Gasteiger partial charge in [0.2, 0.25) is 5.95 Å². The Labute approximate surface area is 196 Å². The second kappa shape index (κ2) is 8.60. The number of carbonyl (C=O) groups excluding carboxylic acids is 1. The molecule has 0 saturated carbocycles. The largest absolute Gasteiger partial charge is 0.360 e. The molecule has 34 heavy (non-hydrogen) atoms. The van der Waals surface area contributed by atoms with Crippen molar-refractivity contribution in [2.24, 2.45) is 11.8 Å². The number of nitriles is 1. The number of carbonyl (C=O) groups is 1. The fourth-order valence-electron chi connectivity index (χ4n) is 4.91. The monoisotopic (exact) mass is 471 g/mol. The van der Waals surface area contributed by atoms with Gasteiger partial charge in [0.05, 0.1) is 24.6 Å². The number of likely N-dealkylation sites (N-methyl/N-ethyl adjacent to an activating group) is 1. The molecule has 4 heterocycles. The molecule has 3 aliphatic heterocycles. The lowest BCUT2D eigenvalue weighted by atomic mass is 9.80. The number of anilines is 2. The average Bonchev–Trinajstić information content (AvgIpc) is 2.95. The molecule has 9 nitrogen and oxygen atoms in total. The van der Waals surface area contributed by atoms with Crippen molar-refractivity contribution in [2.75, 3.05) is 43.5 Å². The molecule has 5 rings (SSSR count). The molecule has 3 atom stereocenters. The molecule has 11 heteroatoms. The van der Waals surface area contributed by atoms with Crippen molar-refractivity contribution in [3.05, 3.63) is 35.3 Å². The van der Waals surface area contributed by atoms with Crippen LogP contribution >= 0.6 is 0 Å². The van der Waals surface area contributed by atoms with Crippen molar-refractivity contribution in [1.29, 1.82) is 5.26 Å². The highest BCUT2D eigenvalue weighted by Crippen LogP contribution is 2.38. The summed E-state index contributed by atoms with van der Waals surface area (Å²) in [5.41, 5.74) is 2.59. The minimum atomic E-state index is -3.03. The van der Waals surface area contributed by atoms with Gasteiger partial charge in [-0.05, 0) is 25.0 Å². The number of rotatable bonds is 4. The normalized spacial score (nSPS) is 28.6. The number of amides is 1. The Kier molecular flexibility index (Phi) is 5.73. The van der Waals surface area contributed by atoms with Gasteiger partial charge in [-0.15, -0.1) is 0 Å². The zero-order chi connectivity index (χ0) is 24.0. The molecule has 0 aromatic carbocycles. The summed E-state index contributed by atoms with van der Waals surface area (Å²) in [6.07, 6.45) is 5.83. The third-order valence-corrected chi connectivity index (χ3v) is 6.93. The van der Waals surface area contributed by atoms with E-state index in [4.69, 9.17) is 15.0 Å². The van der Waals surface area contributed by atoms with Gasteiger partial charge in [-0.2, -0.15) is 10.2 Å². The van der Waals surface area contributed by atoms with E-state index in [1.807, 2.05) is 24.0 Å². The molecule has 180 valence electrons. The van der Waals surface area contributed by atoms with E-state index in [1.54, 1.807) is 13.2 Å². The number of piperidine rings is 1. The fraction of sp³-hybridized carbons (Fsp3) is 0.565. The van der Waals surface area contributed by atoms with Crippen LogP contribution in [0.1, 0.15) is 18.9 Å². The lowest BCUT2D eigenvalue weighted by molar-refractivity contribution is -0.152. The number of aromatic nitrogens is 2. The van der Waals surface area contributed by atoms with Crippen LogP contribution in [0.15, 0.2) is 29.7 Å². The van der Waals surface area contributed by atoms with Crippen LogP contribution in [0, 0.1) is 23.2 Å². The quantitative estimate of drug-likeness (QED) is 0.683. The second-order valence-electron chi connectivity index (χ2n) is 9.24. The Hall–Kier alpha value is -3.10. The molecule has 3 unspecified atom stereocenters. The minimum Gasteiger partial charge on any atom is -0.360 e. The number of nitrogens with zero attached hydrogens (tertiary/aromatic N) is 5. The van der Waals surface area contributed by atoms with Gasteiger partial charge in [0.1, 0.15) is 12.4 Å². The average molecular weight is 472 g/mol. The highest BCUT2D eigenvalue weighted by Gasteiger charge is 2.50. The van der Waals surface area contributed by atoms with Crippen LogP contribution in [0.4, 0.5) is 20.5 Å². The molecule has 0 bridgehead atoms. The molecule has 0 radical (unpaired) electrons. The topological polar surface area (TPSA) is 106 Å². The summed E-state index contributed by atoms with van der Waals surface area (Å²) in [4.78, 5) is 25.4. The van der Waals surface area contributed by atoms with E-state index in [1.165, 1.54) is 4.90 Å². The summed E-state index contributed by atoms with van der Waals surface area (Å²) in [6, 6.07) is 1.70. The molecule has 1 amide bonds. The first-order valence-corrected chi connectivity index (χ1v) is 11.5. The van der Waals surface area contributed by atoms with Crippen LogP contribution in [0.2, 0.25) is 0 Å². The number of nitrogens with one attached hydrogen (secondary N) is 2. The van der Waals surface area contributed by atoms with Gasteiger partial charge in [0.25, 0.3) is 11.8 Å². The molecule has 3 saturated heterocycles. The summed E-state index contributed by atoms with van der Waals surface area (Å²) in [5, 5.41) is 15.4. The molecule has 4 aliphatic rings. The Bertz CT molecular complexity index is 1090. The fourth-order valence-corrected chi connectivity index (χ4v) is 4.91. The number of likely N-dealkylation sites (tertiary alicyclic amines) is 1. The van der Waals surface area contributed by atoms with Gasteiger partial charge in [0.15, 0.2) is 6.10 Å². The number of hydrogen-bond donors (Lipinski definition) is 2. The summed E-state index contributed by atoms with van der Waals surface area (Å²) < 4.78 is 33.4. The van der Waals surface area contributed by atoms with E-state index in [-0.39, 0.29) is 17.7 Å². The second-order valence-corrected chi connectivity index (χ2v) is 9.24. The van der Waals surface area contributed by atoms with Gasteiger partial charge < -0.3 is 25.2 Å². The third kappa shape index (κ3) is 4.01. The van der Waals surface area contributed by atoms with Gasteiger partial charge in [-0.3, -0.25) is 4.79 Å². The molecular weight excluding hydrogens is 444 g/mol. The Morgan fingerprint density at radius 1 is 1.38 bits per heavy atom. The zero-order valence-corrected chi connectivity index (χ0v) is 19.1. The van der Waals surface area contributed by atoms with Crippen LogP contribution in [-0.2, 0) is 16.0 Å². The lowest BCUT2D eigenvalue weighted by Crippen LogP contribution is -2.59. The number of halogens is 2. The predicted octanol–water partition coefficient (Wildman–Crippen LogP) is 1.66. The molecule has 0 spiro atoms. The maximum Gasteiger partial charge on any atom is 0.283 e. The smallest absolute Gasteiger partial charge is 0.283 e. The maximum absolute atomic E-state index is 14.0. The molecule has 2 N–H and O–H groups in total. The van der Waals surface area contributed by atoms with Gasteiger partial charge in [0, 0.05) is 49.2 Å². The molecule has 1 aromatic heterocycles. The Morgan fingerprint density at radius 2 is 2.18 bits per heavy atom. The van der Waals surface area contributed by atoms with E-state index >= 15 is 0 Å². The number of allylic oxidation sites excluding steroid dienone is 3. The first kappa shape index (κ1) is 22.7. The Morgan fingerprint density at radius 3 is 2.91 bits per heavy atom. The number of alkyl halides is 2. The molecule has 3 fully saturated rings. The maximum atomic E-state index is 14.0. The molecule has 1 aliphatic carbocycles. The van der Waals surface area contributed by atoms with Crippen molar-refractivity contribution in [1.82, 2.24) is 20.2 Å².